The molecule has 7 nitrogen and oxygen atoms in total. The molecule has 0 saturated heterocycles. The van der Waals surface area contributed by atoms with Crippen molar-refractivity contribution in [3.05, 3.63) is 59.9 Å². The van der Waals surface area contributed by atoms with Crippen molar-refractivity contribution in [1.29, 1.82) is 0 Å². The molecule has 0 spiro atoms. The third-order valence-corrected chi connectivity index (χ3v) is 3.88. The maximum Gasteiger partial charge on any atom is 0.258 e. The molecule has 0 saturated carbocycles. The van der Waals surface area contributed by atoms with Gasteiger partial charge in [0.2, 0.25) is 5.91 Å². The monoisotopic (exact) mass is 387 g/mol. The number of hydrogen-bond donors (Lipinski definition) is 3. The molecule has 4 N–H and O–H groups in total. The summed E-state index contributed by atoms with van der Waals surface area (Å²) in [5.74, 6) is -2.39. The fourth-order valence-electron chi connectivity index (χ4n) is 2.43. The number of benzene rings is 2. The van der Waals surface area contributed by atoms with Crippen molar-refractivity contribution in [2.45, 2.75) is 19.9 Å². The molecule has 148 valence electrons. The Morgan fingerprint density at radius 2 is 1.79 bits per heavy atom. The minimum atomic E-state index is -0.944. The highest BCUT2D eigenvalue weighted by Gasteiger charge is 2.25. The molecule has 0 aliphatic rings. The van der Waals surface area contributed by atoms with E-state index in [-0.39, 0.29) is 23.8 Å². The van der Waals surface area contributed by atoms with Gasteiger partial charge in [-0.1, -0.05) is 32.0 Å². The molecule has 8 heteroatoms. The molecular formula is C20H22FN3O4. The summed E-state index contributed by atoms with van der Waals surface area (Å²) < 4.78 is 18.9. The van der Waals surface area contributed by atoms with Gasteiger partial charge in [0.1, 0.15) is 17.6 Å². The van der Waals surface area contributed by atoms with Crippen LogP contribution in [0.5, 0.6) is 5.75 Å². The summed E-state index contributed by atoms with van der Waals surface area (Å²) in [6.07, 6.45) is 0. The minimum absolute atomic E-state index is 0.195. The number of ether oxygens (including phenoxy) is 1. The van der Waals surface area contributed by atoms with Crippen LogP contribution >= 0.6 is 0 Å². The number of anilines is 1. The summed E-state index contributed by atoms with van der Waals surface area (Å²) in [7, 11) is 0. The Kier molecular flexibility index (Phi) is 7.08. The van der Waals surface area contributed by atoms with Crippen LogP contribution in [0.3, 0.4) is 0 Å². The molecule has 0 fully saturated rings. The summed E-state index contributed by atoms with van der Waals surface area (Å²) in [6, 6.07) is 11.4. The third kappa shape index (κ3) is 5.80. The van der Waals surface area contributed by atoms with Gasteiger partial charge in [0.15, 0.2) is 6.61 Å². The van der Waals surface area contributed by atoms with Crippen LogP contribution in [0.2, 0.25) is 0 Å². The van der Waals surface area contributed by atoms with Gasteiger partial charge in [0.05, 0.1) is 5.56 Å². The van der Waals surface area contributed by atoms with Crippen molar-refractivity contribution in [2.75, 3.05) is 11.9 Å². The van der Waals surface area contributed by atoms with Crippen LogP contribution in [0.25, 0.3) is 0 Å². The molecule has 0 aromatic heterocycles. The van der Waals surface area contributed by atoms with Crippen molar-refractivity contribution in [3.8, 4) is 5.75 Å². The summed E-state index contributed by atoms with van der Waals surface area (Å²) in [4.78, 5) is 35.9. The van der Waals surface area contributed by atoms with Crippen LogP contribution < -0.4 is 21.1 Å². The number of carbonyl (C=O) groups is 3. The third-order valence-electron chi connectivity index (χ3n) is 3.88. The number of para-hydroxylation sites is 1. The maximum absolute atomic E-state index is 13.6. The standard InChI is InChI=1S/C20H22FN3O4/c1-12(2)18(24-17(25)11-28-14-6-4-3-5-7-14)20(27)23-13-8-9-16(21)15(10-13)19(22)26/h3-10,12,18H,11H2,1-2H3,(H2,22,26)(H,23,27)(H,24,25). The Morgan fingerprint density at radius 1 is 1.11 bits per heavy atom. The van der Waals surface area contributed by atoms with Crippen molar-refractivity contribution >= 4 is 23.4 Å². The van der Waals surface area contributed by atoms with Gasteiger partial charge in [-0.05, 0) is 36.2 Å². The number of hydrogen-bond acceptors (Lipinski definition) is 4. The highest BCUT2D eigenvalue weighted by molar-refractivity contribution is 5.99. The number of carbonyl (C=O) groups excluding carboxylic acids is 3. The van der Waals surface area contributed by atoms with Crippen molar-refractivity contribution < 1.29 is 23.5 Å². The van der Waals surface area contributed by atoms with Crippen LogP contribution in [0, 0.1) is 11.7 Å². The molecule has 0 aliphatic heterocycles. The van der Waals surface area contributed by atoms with E-state index in [1.165, 1.54) is 6.07 Å². The second-order valence-electron chi connectivity index (χ2n) is 6.44. The lowest BCUT2D eigenvalue weighted by molar-refractivity contribution is -0.128. The molecule has 2 aromatic carbocycles. The second kappa shape index (κ2) is 9.50. The van der Waals surface area contributed by atoms with Crippen LogP contribution in [0.15, 0.2) is 48.5 Å². The van der Waals surface area contributed by atoms with E-state index in [9.17, 15) is 18.8 Å². The first-order valence-corrected chi connectivity index (χ1v) is 8.65. The van der Waals surface area contributed by atoms with Crippen molar-refractivity contribution in [1.82, 2.24) is 5.32 Å². The topological polar surface area (TPSA) is 111 Å². The van der Waals surface area contributed by atoms with Crippen LogP contribution in [0.4, 0.5) is 10.1 Å². The number of rotatable bonds is 8. The number of amides is 3. The summed E-state index contributed by atoms with van der Waals surface area (Å²) >= 11 is 0. The fraction of sp³-hybridized carbons (Fsp3) is 0.250. The highest BCUT2D eigenvalue weighted by atomic mass is 19.1. The number of nitrogens with one attached hydrogen (secondary N) is 2. The average molecular weight is 387 g/mol. The van der Waals surface area contributed by atoms with Gasteiger partial charge in [-0.2, -0.15) is 0 Å². The summed E-state index contributed by atoms with van der Waals surface area (Å²) in [5, 5.41) is 5.17. The van der Waals surface area contributed by atoms with E-state index < -0.39 is 29.6 Å². The SMILES string of the molecule is CC(C)C(NC(=O)COc1ccccc1)C(=O)Nc1ccc(F)c(C(N)=O)c1. The Bertz CT molecular complexity index is 856. The van der Waals surface area contributed by atoms with E-state index in [0.29, 0.717) is 5.75 Å². The van der Waals surface area contributed by atoms with E-state index in [0.717, 1.165) is 12.1 Å². The molecule has 0 bridgehead atoms. The largest absolute Gasteiger partial charge is 0.484 e. The minimum Gasteiger partial charge on any atom is -0.484 e. The lowest BCUT2D eigenvalue weighted by Gasteiger charge is -2.22. The highest BCUT2D eigenvalue weighted by Crippen LogP contribution is 2.16. The molecular weight excluding hydrogens is 365 g/mol. The molecule has 3 amide bonds. The molecule has 0 aliphatic carbocycles. The van der Waals surface area contributed by atoms with E-state index in [1.54, 1.807) is 38.1 Å². The Balaban J connectivity index is 2.00. The van der Waals surface area contributed by atoms with Crippen LogP contribution in [-0.2, 0) is 9.59 Å². The van der Waals surface area contributed by atoms with Gasteiger partial charge in [-0.25, -0.2) is 4.39 Å². The number of primary amides is 1. The quantitative estimate of drug-likeness (QED) is 0.644. The average Bonchev–Trinajstić information content (AvgIpc) is 2.66. The van der Waals surface area contributed by atoms with Gasteiger partial charge in [-0.15, -0.1) is 0 Å². The summed E-state index contributed by atoms with van der Waals surface area (Å²) in [6.45, 7) is 3.28. The van der Waals surface area contributed by atoms with Crippen molar-refractivity contribution in [2.24, 2.45) is 11.7 Å². The molecule has 1 atom stereocenters. The predicted molar refractivity (Wildman–Crippen MR) is 102 cm³/mol. The van der Waals surface area contributed by atoms with E-state index >= 15 is 0 Å². The molecule has 28 heavy (non-hydrogen) atoms. The molecule has 2 rings (SSSR count). The second-order valence-corrected chi connectivity index (χ2v) is 6.44. The first-order valence-electron chi connectivity index (χ1n) is 8.65. The van der Waals surface area contributed by atoms with E-state index in [4.69, 9.17) is 10.5 Å². The zero-order valence-corrected chi connectivity index (χ0v) is 15.6. The van der Waals surface area contributed by atoms with Crippen LogP contribution in [-0.4, -0.2) is 30.4 Å². The van der Waals surface area contributed by atoms with Crippen molar-refractivity contribution in [3.63, 3.8) is 0 Å². The predicted octanol–water partition coefficient (Wildman–Crippen LogP) is 2.08. The van der Waals surface area contributed by atoms with E-state index in [2.05, 4.69) is 10.6 Å². The van der Waals surface area contributed by atoms with Gasteiger partial charge in [0, 0.05) is 5.69 Å². The van der Waals surface area contributed by atoms with Gasteiger partial charge in [-0.3, -0.25) is 14.4 Å². The van der Waals surface area contributed by atoms with Crippen LogP contribution in [0.1, 0.15) is 24.2 Å². The van der Waals surface area contributed by atoms with Gasteiger partial charge >= 0.3 is 0 Å². The zero-order chi connectivity index (χ0) is 20.7. The smallest absolute Gasteiger partial charge is 0.258 e. The van der Waals surface area contributed by atoms with Gasteiger partial charge in [0.25, 0.3) is 11.8 Å². The zero-order valence-electron chi connectivity index (χ0n) is 15.6. The Morgan fingerprint density at radius 3 is 2.39 bits per heavy atom. The van der Waals surface area contributed by atoms with E-state index in [1.807, 2.05) is 6.07 Å². The maximum atomic E-state index is 13.6. The normalized spacial score (nSPS) is 11.6. The first-order chi connectivity index (χ1) is 13.3. The molecule has 0 radical (unpaired) electrons. The Labute approximate surface area is 162 Å². The number of halogens is 1. The Hall–Kier alpha value is -3.42. The van der Waals surface area contributed by atoms with Gasteiger partial charge < -0.3 is 21.1 Å². The summed E-state index contributed by atoms with van der Waals surface area (Å²) in [5.41, 5.74) is 4.97. The first kappa shape index (κ1) is 20.9. The molecule has 1 unspecified atom stereocenters. The number of nitrogens with two attached hydrogens (primary N) is 1. The molecule has 2 aromatic rings. The fourth-order valence-corrected chi connectivity index (χ4v) is 2.43. The lowest BCUT2D eigenvalue weighted by Crippen LogP contribution is -2.48. The lowest BCUT2D eigenvalue weighted by atomic mass is 10.0. The molecule has 0 heterocycles.